The lowest BCUT2D eigenvalue weighted by molar-refractivity contribution is 0.149. The summed E-state index contributed by atoms with van der Waals surface area (Å²) in [4.78, 5) is 0. The molecule has 120 valence electrons. The van der Waals surface area contributed by atoms with Crippen LogP contribution in [0.1, 0.15) is 43.4 Å². The molecule has 2 atom stereocenters. The Labute approximate surface area is 142 Å². The van der Waals surface area contributed by atoms with Gasteiger partial charge >= 0.3 is 0 Å². The zero-order valence-corrected chi connectivity index (χ0v) is 13.9. The van der Waals surface area contributed by atoms with Crippen LogP contribution in [0.15, 0.2) is 48.5 Å². The zero-order valence-electron chi connectivity index (χ0n) is 13.2. The van der Waals surface area contributed by atoms with Gasteiger partial charge in [0.15, 0.2) is 0 Å². The van der Waals surface area contributed by atoms with Crippen molar-refractivity contribution in [1.29, 1.82) is 5.26 Å². The molecule has 0 spiro atoms. The van der Waals surface area contributed by atoms with Crippen LogP contribution in [0, 0.1) is 11.3 Å². The third-order valence-corrected chi connectivity index (χ3v) is 4.06. The van der Waals surface area contributed by atoms with E-state index < -0.39 is 6.10 Å². The number of nitriles is 1. The lowest BCUT2D eigenvalue weighted by Gasteiger charge is -2.25. The fourth-order valence-electron chi connectivity index (χ4n) is 2.52. The molecule has 0 aliphatic rings. The normalized spacial score (nSPS) is 13.1. The van der Waals surface area contributed by atoms with Gasteiger partial charge in [-0.2, -0.15) is 5.26 Å². The quantitative estimate of drug-likeness (QED) is 0.758. The first-order valence-electron chi connectivity index (χ1n) is 7.84. The fraction of sp³-hybridized carbons (Fsp3) is 0.316. The van der Waals surface area contributed by atoms with Crippen molar-refractivity contribution in [3.8, 4) is 6.07 Å². The summed E-state index contributed by atoms with van der Waals surface area (Å²) >= 11 is 5.92. The van der Waals surface area contributed by atoms with Crippen LogP contribution in [0.3, 0.4) is 0 Å². The van der Waals surface area contributed by atoms with Crippen LogP contribution in [0.25, 0.3) is 0 Å². The van der Waals surface area contributed by atoms with Gasteiger partial charge in [0.05, 0.1) is 23.8 Å². The van der Waals surface area contributed by atoms with Gasteiger partial charge in [-0.05, 0) is 48.4 Å². The van der Waals surface area contributed by atoms with Crippen molar-refractivity contribution in [3.05, 3.63) is 64.7 Å². The number of benzene rings is 2. The minimum absolute atomic E-state index is 0.120. The number of aliphatic hydroxyl groups is 1. The molecule has 4 heteroatoms. The van der Waals surface area contributed by atoms with Crippen molar-refractivity contribution in [3.63, 3.8) is 0 Å². The number of hydrogen-bond acceptors (Lipinski definition) is 3. The molecule has 0 aliphatic heterocycles. The number of anilines is 1. The smallest absolute Gasteiger partial charge is 0.0991 e. The molecule has 0 heterocycles. The van der Waals surface area contributed by atoms with Gasteiger partial charge in [-0.3, -0.25) is 0 Å². The van der Waals surface area contributed by atoms with E-state index in [0.717, 1.165) is 30.5 Å². The van der Waals surface area contributed by atoms with Gasteiger partial charge < -0.3 is 10.4 Å². The van der Waals surface area contributed by atoms with Crippen LogP contribution < -0.4 is 5.32 Å². The molecule has 0 saturated heterocycles. The van der Waals surface area contributed by atoms with Gasteiger partial charge in [-0.1, -0.05) is 43.5 Å². The maximum Gasteiger partial charge on any atom is 0.0991 e. The summed E-state index contributed by atoms with van der Waals surface area (Å²) in [6, 6.07) is 16.6. The molecule has 0 aromatic heterocycles. The Morgan fingerprint density at radius 3 is 2.61 bits per heavy atom. The Balaban J connectivity index is 2.18. The predicted molar refractivity (Wildman–Crippen MR) is 94.5 cm³/mol. The highest BCUT2D eigenvalue weighted by Crippen LogP contribution is 2.25. The van der Waals surface area contributed by atoms with Gasteiger partial charge in [0.2, 0.25) is 0 Å². The van der Waals surface area contributed by atoms with Crippen LogP contribution in [0.4, 0.5) is 5.69 Å². The molecule has 2 rings (SSSR count). The monoisotopic (exact) mass is 328 g/mol. The van der Waals surface area contributed by atoms with Crippen LogP contribution in [0.2, 0.25) is 5.02 Å². The molecule has 2 aromatic carbocycles. The Morgan fingerprint density at radius 2 is 1.96 bits per heavy atom. The van der Waals surface area contributed by atoms with Crippen molar-refractivity contribution in [2.45, 2.75) is 38.3 Å². The second-order valence-electron chi connectivity index (χ2n) is 5.58. The van der Waals surface area contributed by atoms with E-state index in [9.17, 15) is 5.11 Å². The zero-order chi connectivity index (χ0) is 16.7. The summed E-state index contributed by atoms with van der Waals surface area (Å²) < 4.78 is 0. The standard InChI is InChI=1S/C19H21ClN2O/c1-2-3-7-18(22-17-10-8-16(20)9-11-17)19(23)15-6-4-5-14(12-15)13-21/h4-6,8-12,18-19,22-23H,2-3,7H2,1H3. The average Bonchev–Trinajstić information content (AvgIpc) is 2.59. The minimum atomic E-state index is -0.675. The number of aliphatic hydroxyl groups excluding tert-OH is 1. The lowest BCUT2D eigenvalue weighted by Crippen LogP contribution is -2.27. The maximum absolute atomic E-state index is 10.7. The molecule has 0 bridgehead atoms. The molecule has 0 fully saturated rings. The highest BCUT2D eigenvalue weighted by molar-refractivity contribution is 6.30. The van der Waals surface area contributed by atoms with Crippen molar-refractivity contribution < 1.29 is 5.11 Å². The van der Waals surface area contributed by atoms with Crippen LogP contribution >= 0.6 is 11.6 Å². The number of unbranched alkanes of at least 4 members (excludes halogenated alkanes) is 1. The van der Waals surface area contributed by atoms with E-state index in [1.807, 2.05) is 30.3 Å². The van der Waals surface area contributed by atoms with Gasteiger partial charge in [-0.15, -0.1) is 0 Å². The molecule has 0 aliphatic carbocycles. The van der Waals surface area contributed by atoms with E-state index in [-0.39, 0.29) is 6.04 Å². The van der Waals surface area contributed by atoms with Gasteiger partial charge in [0, 0.05) is 10.7 Å². The highest BCUT2D eigenvalue weighted by atomic mass is 35.5. The Kier molecular flexibility index (Phi) is 6.46. The first-order valence-corrected chi connectivity index (χ1v) is 8.22. The summed E-state index contributed by atoms with van der Waals surface area (Å²) in [7, 11) is 0. The third kappa shape index (κ3) is 4.99. The molecule has 0 saturated carbocycles. The number of nitrogens with one attached hydrogen (secondary N) is 1. The van der Waals surface area contributed by atoms with E-state index in [1.165, 1.54) is 0 Å². The van der Waals surface area contributed by atoms with Crippen molar-refractivity contribution in [2.75, 3.05) is 5.32 Å². The summed E-state index contributed by atoms with van der Waals surface area (Å²) in [5.41, 5.74) is 2.24. The molecule has 0 amide bonds. The van der Waals surface area contributed by atoms with Crippen molar-refractivity contribution in [2.24, 2.45) is 0 Å². The van der Waals surface area contributed by atoms with E-state index in [4.69, 9.17) is 16.9 Å². The third-order valence-electron chi connectivity index (χ3n) is 3.80. The van der Waals surface area contributed by atoms with Gasteiger partial charge in [0.1, 0.15) is 0 Å². The molecule has 2 unspecified atom stereocenters. The SMILES string of the molecule is CCCCC(Nc1ccc(Cl)cc1)C(O)c1cccc(C#N)c1. The first kappa shape index (κ1) is 17.3. The minimum Gasteiger partial charge on any atom is -0.386 e. The topological polar surface area (TPSA) is 56.0 Å². The Hall–Kier alpha value is -2.02. The summed E-state index contributed by atoms with van der Waals surface area (Å²) in [6.45, 7) is 2.13. The summed E-state index contributed by atoms with van der Waals surface area (Å²) in [5, 5.41) is 23.8. The maximum atomic E-state index is 10.7. The van der Waals surface area contributed by atoms with Crippen LogP contribution in [-0.2, 0) is 0 Å². The molecular weight excluding hydrogens is 308 g/mol. The predicted octanol–water partition coefficient (Wildman–Crippen LogP) is 4.92. The number of halogens is 1. The number of rotatable bonds is 7. The molecule has 2 aromatic rings. The number of nitrogens with zero attached hydrogens (tertiary/aromatic N) is 1. The van der Waals surface area contributed by atoms with Crippen molar-refractivity contribution in [1.82, 2.24) is 0 Å². The van der Waals surface area contributed by atoms with Crippen molar-refractivity contribution >= 4 is 17.3 Å². The second-order valence-corrected chi connectivity index (χ2v) is 6.02. The first-order chi connectivity index (χ1) is 11.1. The summed E-state index contributed by atoms with van der Waals surface area (Å²) in [5.74, 6) is 0. The van der Waals surface area contributed by atoms with E-state index in [1.54, 1.807) is 18.2 Å². The van der Waals surface area contributed by atoms with E-state index in [2.05, 4.69) is 18.3 Å². The highest BCUT2D eigenvalue weighted by Gasteiger charge is 2.20. The van der Waals surface area contributed by atoms with Gasteiger partial charge in [-0.25, -0.2) is 0 Å². The molecule has 2 N–H and O–H groups in total. The Morgan fingerprint density at radius 1 is 1.22 bits per heavy atom. The average molecular weight is 329 g/mol. The largest absolute Gasteiger partial charge is 0.386 e. The molecule has 23 heavy (non-hydrogen) atoms. The molecule has 0 radical (unpaired) electrons. The van der Waals surface area contributed by atoms with Gasteiger partial charge in [0.25, 0.3) is 0 Å². The lowest BCUT2D eigenvalue weighted by atomic mass is 9.96. The Bertz CT molecular complexity index is 664. The summed E-state index contributed by atoms with van der Waals surface area (Å²) in [6.07, 6.45) is 2.24. The molecular formula is C19H21ClN2O. The van der Waals surface area contributed by atoms with E-state index >= 15 is 0 Å². The van der Waals surface area contributed by atoms with E-state index in [0.29, 0.717) is 10.6 Å². The molecule has 3 nitrogen and oxygen atoms in total. The number of hydrogen-bond donors (Lipinski definition) is 2. The van der Waals surface area contributed by atoms with Crippen LogP contribution in [-0.4, -0.2) is 11.1 Å². The second kappa shape index (κ2) is 8.57. The van der Waals surface area contributed by atoms with Crippen LogP contribution in [0.5, 0.6) is 0 Å². The fourth-order valence-corrected chi connectivity index (χ4v) is 2.64.